The molecule has 0 aromatic carbocycles. The predicted octanol–water partition coefficient (Wildman–Crippen LogP) is 1.86. The van der Waals surface area contributed by atoms with Crippen LogP contribution in [0.3, 0.4) is 0 Å². The van der Waals surface area contributed by atoms with Gasteiger partial charge in [-0.25, -0.2) is 0 Å². The van der Waals surface area contributed by atoms with Crippen LogP contribution in [0.25, 0.3) is 0 Å². The van der Waals surface area contributed by atoms with E-state index in [9.17, 15) is 4.79 Å². The molecule has 1 amide bonds. The number of carbonyl (C=O) groups excluding carboxylic acids is 1. The van der Waals surface area contributed by atoms with E-state index < -0.39 is 0 Å². The number of nitrogens with zero attached hydrogens (tertiary/aromatic N) is 2. The van der Waals surface area contributed by atoms with Crippen molar-refractivity contribution in [2.45, 2.75) is 44.6 Å². The van der Waals surface area contributed by atoms with E-state index in [2.05, 4.69) is 15.2 Å². The quantitative estimate of drug-likeness (QED) is 0.795. The van der Waals surface area contributed by atoms with Crippen LogP contribution in [0.4, 0.5) is 0 Å². The number of amides is 1. The zero-order chi connectivity index (χ0) is 12.8. The summed E-state index contributed by atoms with van der Waals surface area (Å²) in [4.78, 5) is 18.4. The minimum atomic E-state index is 0.162. The lowest BCUT2D eigenvalue weighted by molar-refractivity contribution is -0.119. The molecule has 4 nitrogen and oxygen atoms in total. The molecule has 0 radical (unpaired) electrons. The molecule has 0 bridgehead atoms. The first-order valence-electron chi connectivity index (χ1n) is 6.93. The van der Waals surface area contributed by atoms with Crippen LogP contribution in [0, 0.1) is 0 Å². The van der Waals surface area contributed by atoms with Gasteiger partial charge in [0.1, 0.15) is 0 Å². The van der Waals surface area contributed by atoms with Crippen molar-refractivity contribution >= 4 is 22.8 Å². The standard InChI is InChI=1S/C13H23N3OS/c1-16-9-8-14-13(16)18-10-12(17)15-11-6-4-2-3-5-7-11/h11H,2-10H2,1H3,(H,15,17). The van der Waals surface area contributed by atoms with Gasteiger partial charge in [-0.2, -0.15) is 0 Å². The second-order valence-electron chi connectivity index (χ2n) is 5.13. The molecule has 18 heavy (non-hydrogen) atoms. The molecule has 1 saturated carbocycles. The molecule has 1 aliphatic heterocycles. The second kappa shape index (κ2) is 7.02. The minimum Gasteiger partial charge on any atom is -0.353 e. The third-order valence-electron chi connectivity index (χ3n) is 3.56. The molecule has 0 spiro atoms. The van der Waals surface area contributed by atoms with Crippen LogP contribution in [-0.2, 0) is 4.79 Å². The summed E-state index contributed by atoms with van der Waals surface area (Å²) in [6.07, 6.45) is 7.46. The summed E-state index contributed by atoms with van der Waals surface area (Å²) in [7, 11) is 2.03. The van der Waals surface area contributed by atoms with Crippen molar-refractivity contribution in [1.29, 1.82) is 0 Å². The summed E-state index contributed by atoms with van der Waals surface area (Å²) in [5.74, 6) is 0.662. The monoisotopic (exact) mass is 269 g/mol. The molecule has 2 aliphatic rings. The van der Waals surface area contributed by atoms with E-state index in [0.717, 1.165) is 31.1 Å². The van der Waals surface area contributed by atoms with Gasteiger partial charge in [0.25, 0.3) is 0 Å². The molecule has 1 aliphatic carbocycles. The van der Waals surface area contributed by atoms with Gasteiger partial charge < -0.3 is 10.2 Å². The maximum Gasteiger partial charge on any atom is 0.230 e. The van der Waals surface area contributed by atoms with E-state index in [1.165, 1.54) is 25.7 Å². The normalized spacial score (nSPS) is 21.6. The molecule has 0 unspecified atom stereocenters. The lowest BCUT2D eigenvalue weighted by atomic mass is 10.1. The number of thioether (sulfide) groups is 1. The summed E-state index contributed by atoms with van der Waals surface area (Å²) < 4.78 is 0. The number of rotatable bonds is 3. The molecule has 5 heteroatoms. The molecule has 0 atom stereocenters. The van der Waals surface area contributed by atoms with Gasteiger partial charge in [-0.15, -0.1) is 0 Å². The molecular formula is C13H23N3OS. The fourth-order valence-corrected chi connectivity index (χ4v) is 3.33. The molecule has 2 rings (SSSR count). The minimum absolute atomic E-state index is 0.162. The van der Waals surface area contributed by atoms with Gasteiger partial charge in [-0.3, -0.25) is 9.79 Å². The fraction of sp³-hybridized carbons (Fsp3) is 0.846. The number of likely N-dealkylation sites (N-methyl/N-ethyl adjacent to an activating group) is 1. The molecule has 1 heterocycles. The van der Waals surface area contributed by atoms with Gasteiger partial charge >= 0.3 is 0 Å². The third kappa shape index (κ3) is 4.19. The highest BCUT2D eigenvalue weighted by Crippen LogP contribution is 2.18. The lowest BCUT2D eigenvalue weighted by Gasteiger charge is -2.17. The highest BCUT2D eigenvalue weighted by Gasteiger charge is 2.17. The summed E-state index contributed by atoms with van der Waals surface area (Å²) in [6.45, 7) is 1.84. The molecule has 0 saturated heterocycles. The predicted molar refractivity (Wildman–Crippen MR) is 77.0 cm³/mol. The van der Waals surface area contributed by atoms with Crippen molar-refractivity contribution in [3.8, 4) is 0 Å². The largest absolute Gasteiger partial charge is 0.353 e. The Kier molecular flexibility index (Phi) is 5.35. The Hall–Kier alpha value is -0.710. The lowest BCUT2D eigenvalue weighted by Crippen LogP contribution is -2.36. The van der Waals surface area contributed by atoms with Crippen molar-refractivity contribution in [2.24, 2.45) is 4.99 Å². The summed E-state index contributed by atoms with van der Waals surface area (Å²) in [5.41, 5.74) is 0. The van der Waals surface area contributed by atoms with Gasteiger partial charge in [-0.1, -0.05) is 37.4 Å². The van der Waals surface area contributed by atoms with Crippen molar-refractivity contribution < 1.29 is 4.79 Å². The van der Waals surface area contributed by atoms with Crippen molar-refractivity contribution in [2.75, 3.05) is 25.9 Å². The Labute approximate surface area is 114 Å². The number of amidine groups is 1. The molecule has 0 aromatic heterocycles. The molecule has 1 fully saturated rings. The number of hydrogen-bond donors (Lipinski definition) is 1. The van der Waals surface area contributed by atoms with E-state index in [1.54, 1.807) is 11.8 Å². The van der Waals surface area contributed by atoms with E-state index in [0.29, 0.717) is 11.8 Å². The summed E-state index contributed by atoms with van der Waals surface area (Å²) >= 11 is 1.56. The maximum atomic E-state index is 11.9. The molecular weight excluding hydrogens is 246 g/mol. The zero-order valence-electron chi connectivity index (χ0n) is 11.2. The Morgan fingerprint density at radius 1 is 1.39 bits per heavy atom. The van der Waals surface area contributed by atoms with Crippen molar-refractivity contribution in [1.82, 2.24) is 10.2 Å². The Morgan fingerprint density at radius 3 is 2.72 bits per heavy atom. The van der Waals surface area contributed by atoms with E-state index in [1.807, 2.05) is 7.05 Å². The van der Waals surface area contributed by atoms with Crippen LogP contribution in [-0.4, -0.2) is 47.9 Å². The van der Waals surface area contributed by atoms with Gasteiger partial charge in [0.05, 0.1) is 12.3 Å². The van der Waals surface area contributed by atoms with Crippen molar-refractivity contribution in [3.63, 3.8) is 0 Å². The maximum absolute atomic E-state index is 11.9. The highest BCUT2D eigenvalue weighted by atomic mass is 32.2. The van der Waals surface area contributed by atoms with Crippen LogP contribution in [0.1, 0.15) is 38.5 Å². The van der Waals surface area contributed by atoms with Gasteiger partial charge in [0, 0.05) is 19.6 Å². The van der Waals surface area contributed by atoms with E-state index in [-0.39, 0.29) is 5.91 Å². The first kappa shape index (κ1) is 13.7. The number of aliphatic imine (C=N–C) groups is 1. The van der Waals surface area contributed by atoms with Crippen LogP contribution < -0.4 is 5.32 Å². The van der Waals surface area contributed by atoms with Gasteiger partial charge in [0.2, 0.25) is 5.91 Å². The summed E-state index contributed by atoms with van der Waals surface area (Å²) in [5, 5.41) is 4.17. The average molecular weight is 269 g/mol. The van der Waals surface area contributed by atoms with E-state index in [4.69, 9.17) is 0 Å². The SMILES string of the molecule is CN1CCN=C1SCC(=O)NC1CCCCCC1. The summed E-state index contributed by atoms with van der Waals surface area (Å²) in [6, 6.07) is 0.406. The first-order valence-corrected chi connectivity index (χ1v) is 7.92. The average Bonchev–Trinajstić information content (AvgIpc) is 2.61. The molecule has 102 valence electrons. The smallest absolute Gasteiger partial charge is 0.230 e. The molecule has 0 aromatic rings. The van der Waals surface area contributed by atoms with Crippen LogP contribution >= 0.6 is 11.8 Å². The van der Waals surface area contributed by atoms with Crippen molar-refractivity contribution in [3.05, 3.63) is 0 Å². The van der Waals surface area contributed by atoms with Crippen LogP contribution in [0.15, 0.2) is 4.99 Å². The van der Waals surface area contributed by atoms with E-state index >= 15 is 0 Å². The third-order valence-corrected chi connectivity index (χ3v) is 4.67. The Balaban J connectivity index is 1.68. The molecule has 1 N–H and O–H groups in total. The van der Waals surface area contributed by atoms with Crippen LogP contribution in [0.5, 0.6) is 0 Å². The topological polar surface area (TPSA) is 44.7 Å². The van der Waals surface area contributed by atoms with Gasteiger partial charge in [-0.05, 0) is 12.8 Å². The number of hydrogen-bond acceptors (Lipinski definition) is 4. The van der Waals surface area contributed by atoms with Crippen LogP contribution in [0.2, 0.25) is 0 Å². The first-order chi connectivity index (χ1) is 8.75. The Morgan fingerprint density at radius 2 is 2.11 bits per heavy atom. The second-order valence-corrected chi connectivity index (χ2v) is 6.07. The Bertz CT molecular complexity index is 311. The fourth-order valence-electron chi connectivity index (χ4n) is 2.49. The number of nitrogens with one attached hydrogen (secondary N) is 1. The number of carbonyl (C=O) groups is 1. The van der Waals surface area contributed by atoms with Gasteiger partial charge in [0.15, 0.2) is 5.17 Å². The zero-order valence-corrected chi connectivity index (χ0v) is 12.0. The highest BCUT2D eigenvalue weighted by molar-refractivity contribution is 8.14.